The topological polar surface area (TPSA) is 43.1 Å². The minimum atomic E-state index is -0.584. The minimum Gasteiger partial charge on any atom is -0.408 e. The van der Waals surface area contributed by atoms with E-state index in [2.05, 4.69) is 20.9 Å². The average Bonchev–Trinajstić information content (AvgIpc) is 2.10. The highest BCUT2D eigenvalue weighted by molar-refractivity contribution is 9.10. The summed E-state index contributed by atoms with van der Waals surface area (Å²) in [5.74, 6) is -0.239. The molecule has 0 amide bonds. The molecule has 72 valence electrons. The second-order valence-electron chi connectivity index (χ2n) is 2.78. The summed E-state index contributed by atoms with van der Waals surface area (Å²) in [6, 6.07) is 2.69. The standard InChI is InChI=1S/C9H5BrFNO2/c1-4-12-6-3-2-5(11)8(10)7(6)9(13)14-4/h2-3H,1H3. The third kappa shape index (κ3) is 1.33. The second-order valence-corrected chi connectivity index (χ2v) is 3.57. The van der Waals surface area contributed by atoms with Gasteiger partial charge < -0.3 is 4.42 Å². The molecule has 2 rings (SSSR count). The highest BCUT2D eigenvalue weighted by Crippen LogP contribution is 2.22. The number of hydrogen-bond donors (Lipinski definition) is 0. The van der Waals surface area contributed by atoms with Gasteiger partial charge in [-0.15, -0.1) is 0 Å². The van der Waals surface area contributed by atoms with Crippen molar-refractivity contribution in [1.82, 2.24) is 4.98 Å². The summed E-state index contributed by atoms with van der Waals surface area (Å²) < 4.78 is 17.9. The molecule has 0 bridgehead atoms. The molecule has 14 heavy (non-hydrogen) atoms. The number of rotatable bonds is 0. The van der Waals surface area contributed by atoms with E-state index >= 15 is 0 Å². The fraction of sp³-hybridized carbons (Fsp3) is 0.111. The van der Waals surface area contributed by atoms with Crippen LogP contribution in [0.3, 0.4) is 0 Å². The Morgan fingerprint density at radius 2 is 2.21 bits per heavy atom. The predicted molar refractivity (Wildman–Crippen MR) is 52.7 cm³/mol. The van der Waals surface area contributed by atoms with Crippen LogP contribution in [0.2, 0.25) is 0 Å². The lowest BCUT2D eigenvalue weighted by molar-refractivity contribution is 0.466. The van der Waals surface area contributed by atoms with Gasteiger partial charge in [0.05, 0.1) is 9.99 Å². The van der Waals surface area contributed by atoms with Crippen molar-refractivity contribution < 1.29 is 8.81 Å². The molecular formula is C9H5BrFNO2. The van der Waals surface area contributed by atoms with Crippen molar-refractivity contribution >= 4 is 26.8 Å². The van der Waals surface area contributed by atoms with E-state index in [-0.39, 0.29) is 15.7 Å². The number of fused-ring (bicyclic) bond motifs is 1. The molecule has 2 aromatic rings. The number of aromatic nitrogens is 1. The summed E-state index contributed by atoms with van der Waals surface area (Å²) in [5.41, 5.74) is -0.161. The zero-order chi connectivity index (χ0) is 10.3. The van der Waals surface area contributed by atoms with Crippen LogP contribution in [0.1, 0.15) is 5.89 Å². The van der Waals surface area contributed by atoms with E-state index in [0.717, 1.165) is 0 Å². The van der Waals surface area contributed by atoms with E-state index in [0.29, 0.717) is 5.52 Å². The third-order valence-corrected chi connectivity index (χ3v) is 2.57. The van der Waals surface area contributed by atoms with E-state index in [4.69, 9.17) is 4.42 Å². The van der Waals surface area contributed by atoms with Crippen LogP contribution in [-0.4, -0.2) is 4.98 Å². The van der Waals surface area contributed by atoms with Crippen LogP contribution in [0.25, 0.3) is 10.9 Å². The van der Waals surface area contributed by atoms with Gasteiger partial charge in [0, 0.05) is 6.92 Å². The Morgan fingerprint density at radius 3 is 2.93 bits per heavy atom. The molecule has 0 aliphatic heterocycles. The molecule has 1 aromatic heterocycles. The smallest absolute Gasteiger partial charge is 0.348 e. The van der Waals surface area contributed by atoms with Gasteiger partial charge in [-0.3, -0.25) is 0 Å². The van der Waals surface area contributed by atoms with Crippen LogP contribution >= 0.6 is 15.9 Å². The van der Waals surface area contributed by atoms with Gasteiger partial charge >= 0.3 is 5.63 Å². The predicted octanol–water partition coefficient (Wildman–Crippen LogP) is 2.40. The lowest BCUT2D eigenvalue weighted by Crippen LogP contribution is -2.04. The van der Waals surface area contributed by atoms with Crippen LogP contribution in [0.4, 0.5) is 4.39 Å². The maximum atomic E-state index is 13.1. The normalized spacial score (nSPS) is 10.8. The Bertz CT molecular complexity index is 564. The molecule has 0 N–H and O–H groups in total. The molecule has 0 spiro atoms. The van der Waals surface area contributed by atoms with Gasteiger partial charge in [0.25, 0.3) is 0 Å². The SMILES string of the molecule is Cc1nc2ccc(F)c(Br)c2c(=O)o1. The Hall–Kier alpha value is -1.23. The first-order valence-corrected chi connectivity index (χ1v) is 4.64. The quantitative estimate of drug-likeness (QED) is 0.728. The number of aryl methyl sites for hydroxylation is 1. The van der Waals surface area contributed by atoms with Gasteiger partial charge in [-0.05, 0) is 28.1 Å². The molecule has 0 aliphatic carbocycles. The Morgan fingerprint density at radius 1 is 1.50 bits per heavy atom. The van der Waals surface area contributed by atoms with E-state index in [1.165, 1.54) is 12.1 Å². The highest BCUT2D eigenvalue weighted by Gasteiger charge is 2.10. The molecule has 0 fully saturated rings. The summed E-state index contributed by atoms with van der Waals surface area (Å²) in [6.07, 6.45) is 0. The summed E-state index contributed by atoms with van der Waals surface area (Å²) in [4.78, 5) is 15.3. The first kappa shape index (κ1) is 9.33. The molecule has 0 aliphatic rings. The molecule has 1 heterocycles. The molecule has 1 aromatic carbocycles. The zero-order valence-electron chi connectivity index (χ0n) is 7.17. The van der Waals surface area contributed by atoms with Crippen molar-refractivity contribution in [1.29, 1.82) is 0 Å². The first-order chi connectivity index (χ1) is 6.59. The maximum absolute atomic E-state index is 13.1. The Labute approximate surface area is 86.7 Å². The number of hydrogen-bond acceptors (Lipinski definition) is 3. The molecule has 0 saturated carbocycles. The molecule has 0 unspecified atom stereocenters. The van der Waals surface area contributed by atoms with Crippen LogP contribution in [0, 0.1) is 12.7 Å². The number of benzene rings is 1. The van der Waals surface area contributed by atoms with Crippen molar-refractivity contribution in [2.75, 3.05) is 0 Å². The Balaban J connectivity index is 3.03. The van der Waals surface area contributed by atoms with E-state index < -0.39 is 11.4 Å². The lowest BCUT2D eigenvalue weighted by Gasteiger charge is -1.99. The minimum absolute atomic E-state index is 0.0938. The second kappa shape index (κ2) is 3.16. The largest absolute Gasteiger partial charge is 0.408 e. The monoisotopic (exact) mass is 257 g/mol. The van der Waals surface area contributed by atoms with Gasteiger partial charge in [-0.2, -0.15) is 0 Å². The van der Waals surface area contributed by atoms with Gasteiger partial charge in [0.15, 0.2) is 5.89 Å². The van der Waals surface area contributed by atoms with Gasteiger partial charge in [0.2, 0.25) is 0 Å². The first-order valence-electron chi connectivity index (χ1n) is 3.85. The fourth-order valence-corrected chi connectivity index (χ4v) is 1.70. The van der Waals surface area contributed by atoms with Gasteiger partial charge in [0.1, 0.15) is 11.2 Å². The zero-order valence-corrected chi connectivity index (χ0v) is 8.76. The van der Waals surface area contributed by atoms with Crippen molar-refractivity contribution in [3.8, 4) is 0 Å². The van der Waals surface area contributed by atoms with E-state index in [9.17, 15) is 9.18 Å². The van der Waals surface area contributed by atoms with Crippen molar-refractivity contribution in [3.63, 3.8) is 0 Å². The summed E-state index contributed by atoms with van der Waals surface area (Å²) in [7, 11) is 0. The Kier molecular flexibility index (Phi) is 2.11. The van der Waals surface area contributed by atoms with Crippen molar-refractivity contribution in [3.05, 3.63) is 38.7 Å². The highest BCUT2D eigenvalue weighted by atomic mass is 79.9. The molecule has 0 atom stereocenters. The fourth-order valence-electron chi connectivity index (χ4n) is 1.21. The molecule has 3 nitrogen and oxygen atoms in total. The van der Waals surface area contributed by atoms with Crippen LogP contribution in [0.15, 0.2) is 25.8 Å². The lowest BCUT2D eigenvalue weighted by atomic mass is 10.2. The van der Waals surface area contributed by atoms with E-state index in [1.54, 1.807) is 6.92 Å². The summed E-state index contributed by atoms with van der Waals surface area (Å²) >= 11 is 2.98. The van der Waals surface area contributed by atoms with Crippen molar-refractivity contribution in [2.24, 2.45) is 0 Å². The molecule has 0 saturated heterocycles. The summed E-state index contributed by atoms with van der Waals surface area (Å²) in [5, 5.41) is 0.135. The summed E-state index contributed by atoms with van der Waals surface area (Å²) in [6.45, 7) is 1.57. The van der Waals surface area contributed by atoms with Gasteiger partial charge in [-0.25, -0.2) is 14.2 Å². The number of nitrogens with zero attached hydrogens (tertiary/aromatic N) is 1. The van der Waals surface area contributed by atoms with Crippen LogP contribution < -0.4 is 5.63 Å². The van der Waals surface area contributed by atoms with Crippen LogP contribution in [-0.2, 0) is 0 Å². The maximum Gasteiger partial charge on any atom is 0.348 e. The third-order valence-electron chi connectivity index (χ3n) is 1.80. The average molecular weight is 258 g/mol. The number of halogens is 2. The van der Waals surface area contributed by atoms with E-state index in [1.807, 2.05) is 0 Å². The van der Waals surface area contributed by atoms with Crippen LogP contribution in [0.5, 0.6) is 0 Å². The molecule has 0 radical (unpaired) electrons. The molecule has 5 heteroatoms. The van der Waals surface area contributed by atoms with Crippen molar-refractivity contribution in [2.45, 2.75) is 6.92 Å². The molecular weight excluding hydrogens is 253 g/mol. The van der Waals surface area contributed by atoms with Gasteiger partial charge in [-0.1, -0.05) is 0 Å².